The minimum atomic E-state index is -0.126. The van der Waals surface area contributed by atoms with Crippen molar-refractivity contribution >= 4 is 35.3 Å². The van der Waals surface area contributed by atoms with Gasteiger partial charge in [0.2, 0.25) is 0 Å². The first-order valence-corrected chi connectivity index (χ1v) is 19.9. The number of rotatable bonds is 17. The van der Waals surface area contributed by atoms with Gasteiger partial charge in [-0.15, -0.1) is 20.4 Å². The van der Waals surface area contributed by atoms with Gasteiger partial charge < -0.3 is 9.47 Å². The van der Waals surface area contributed by atoms with Crippen LogP contribution in [0.2, 0.25) is 0 Å². The Hall–Kier alpha value is -5.22. The number of ether oxygens (including phenoxy) is 2. The van der Waals surface area contributed by atoms with Crippen LogP contribution in [-0.2, 0) is 12.8 Å². The van der Waals surface area contributed by atoms with E-state index in [1.807, 2.05) is 111 Å². The van der Waals surface area contributed by atoms with E-state index in [9.17, 15) is 9.59 Å². The van der Waals surface area contributed by atoms with Gasteiger partial charge in [0.05, 0.1) is 36.1 Å². The van der Waals surface area contributed by atoms with E-state index < -0.39 is 0 Å². The number of aryl methyl sites for hydroxylation is 6. The SMILES string of the molecule is CCOc1ccc(-n2c(CCCCc3nnc(SCC(=O)n4nc(C)cc4C)n3-c3ccc(OCC)cc3)nnc2SCC(=O)n2nc(C)cc2C)cc1. The van der Waals surface area contributed by atoms with E-state index in [4.69, 9.17) is 9.47 Å². The van der Waals surface area contributed by atoms with Crippen LogP contribution in [0.3, 0.4) is 0 Å². The van der Waals surface area contributed by atoms with Gasteiger partial charge in [-0.05, 0) is 115 Å². The van der Waals surface area contributed by atoms with Crippen LogP contribution >= 0.6 is 23.5 Å². The third-order valence-electron chi connectivity index (χ3n) is 8.40. The Labute approximate surface area is 322 Å². The maximum Gasteiger partial charge on any atom is 0.257 e. The standard InChI is InChI=1S/C38H44N10O4S2/c1-7-51-31-17-13-29(14-18-31)45-33(39-41-37(45)53-23-35(49)47-27(5)21-25(3)43-47)11-9-10-12-34-40-42-38(46(34)30-15-19-32(20-16-30)52-8-2)54-24-36(50)48-28(6)22-26(4)44-48/h13-22H,7-12,23-24H2,1-6H3. The molecule has 0 atom stereocenters. The highest BCUT2D eigenvalue weighted by Crippen LogP contribution is 2.27. The van der Waals surface area contributed by atoms with Gasteiger partial charge in [-0.1, -0.05) is 23.5 Å². The smallest absolute Gasteiger partial charge is 0.257 e. The number of aromatic nitrogens is 10. The van der Waals surface area contributed by atoms with Gasteiger partial charge >= 0.3 is 0 Å². The maximum absolute atomic E-state index is 13.1. The Balaban J connectivity index is 1.18. The molecule has 0 unspecified atom stereocenters. The Morgan fingerprint density at radius 3 is 1.31 bits per heavy atom. The molecule has 0 aliphatic heterocycles. The van der Waals surface area contributed by atoms with Gasteiger partial charge in [0, 0.05) is 35.6 Å². The number of benzene rings is 2. The summed E-state index contributed by atoms with van der Waals surface area (Å²) < 4.78 is 18.2. The predicted octanol–water partition coefficient (Wildman–Crippen LogP) is 6.70. The molecular weight excluding hydrogens is 725 g/mol. The lowest BCUT2D eigenvalue weighted by Crippen LogP contribution is -2.17. The third-order valence-corrected chi connectivity index (χ3v) is 10.2. The largest absolute Gasteiger partial charge is 0.494 e. The van der Waals surface area contributed by atoms with Crippen LogP contribution in [0.1, 0.15) is 70.7 Å². The van der Waals surface area contributed by atoms with Crippen molar-refractivity contribution in [3.05, 3.63) is 95.1 Å². The molecule has 0 N–H and O–H groups in total. The summed E-state index contributed by atoms with van der Waals surface area (Å²) >= 11 is 2.67. The first-order chi connectivity index (χ1) is 26.1. The molecule has 0 saturated heterocycles. The molecule has 0 bridgehead atoms. The molecule has 4 aromatic heterocycles. The van der Waals surface area contributed by atoms with Crippen molar-refractivity contribution in [3.8, 4) is 22.9 Å². The predicted molar refractivity (Wildman–Crippen MR) is 208 cm³/mol. The second kappa shape index (κ2) is 17.7. The molecule has 282 valence electrons. The van der Waals surface area contributed by atoms with Gasteiger partial charge in [0.15, 0.2) is 10.3 Å². The van der Waals surface area contributed by atoms with Crippen molar-refractivity contribution in [3.63, 3.8) is 0 Å². The van der Waals surface area contributed by atoms with Crippen LogP contribution in [0.4, 0.5) is 0 Å². The normalized spacial score (nSPS) is 11.3. The first-order valence-electron chi connectivity index (χ1n) is 17.9. The fourth-order valence-electron chi connectivity index (χ4n) is 6.05. The summed E-state index contributed by atoms with van der Waals surface area (Å²) in [5.41, 5.74) is 4.94. The van der Waals surface area contributed by atoms with Crippen LogP contribution in [0.25, 0.3) is 11.4 Å². The highest BCUT2D eigenvalue weighted by molar-refractivity contribution is 8.00. The molecule has 4 heterocycles. The maximum atomic E-state index is 13.1. The highest BCUT2D eigenvalue weighted by Gasteiger charge is 2.20. The second-order valence-electron chi connectivity index (χ2n) is 12.6. The molecule has 0 aliphatic carbocycles. The topological polar surface area (TPSA) is 150 Å². The number of unbranched alkanes of at least 4 members (excludes halogenated alkanes) is 1. The van der Waals surface area contributed by atoms with Crippen molar-refractivity contribution in [1.82, 2.24) is 49.1 Å². The molecule has 54 heavy (non-hydrogen) atoms. The van der Waals surface area contributed by atoms with E-state index in [1.54, 1.807) is 0 Å². The lowest BCUT2D eigenvalue weighted by atomic mass is 10.1. The molecule has 14 nitrogen and oxygen atoms in total. The van der Waals surface area contributed by atoms with Crippen LogP contribution in [0.5, 0.6) is 11.5 Å². The number of carbonyl (C=O) groups excluding carboxylic acids is 2. The van der Waals surface area contributed by atoms with Crippen molar-refractivity contribution in [2.24, 2.45) is 0 Å². The number of hydrogen-bond donors (Lipinski definition) is 0. The van der Waals surface area contributed by atoms with Gasteiger partial charge in [-0.25, -0.2) is 9.36 Å². The lowest BCUT2D eigenvalue weighted by Gasteiger charge is -2.12. The zero-order chi connectivity index (χ0) is 38.2. The van der Waals surface area contributed by atoms with Crippen LogP contribution < -0.4 is 9.47 Å². The number of hydrogen-bond acceptors (Lipinski definition) is 12. The summed E-state index contributed by atoms with van der Waals surface area (Å²) in [5, 5.41) is 28.1. The molecule has 0 spiro atoms. The summed E-state index contributed by atoms with van der Waals surface area (Å²) in [7, 11) is 0. The average molecular weight is 769 g/mol. The Kier molecular flexibility index (Phi) is 12.6. The summed E-state index contributed by atoms with van der Waals surface area (Å²) in [5.74, 6) is 3.18. The number of thioether (sulfide) groups is 2. The molecule has 0 saturated carbocycles. The quantitative estimate of drug-likeness (QED) is 0.0718. The van der Waals surface area contributed by atoms with Crippen molar-refractivity contribution in [2.45, 2.75) is 77.5 Å². The molecule has 6 rings (SSSR count). The molecule has 0 radical (unpaired) electrons. The molecule has 6 aromatic rings. The van der Waals surface area contributed by atoms with E-state index >= 15 is 0 Å². The minimum Gasteiger partial charge on any atom is -0.494 e. The van der Waals surface area contributed by atoms with Crippen molar-refractivity contribution in [2.75, 3.05) is 24.7 Å². The van der Waals surface area contributed by atoms with Crippen molar-refractivity contribution in [1.29, 1.82) is 0 Å². The molecule has 0 amide bonds. The Morgan fingerprint density at radius 1 is 0.593 bits per heavy atom. The summed E-state index contributed by atoms with van der Waals surface area (Å²) in [6.45, 7) is 12.5. The fourth-order valence-corrected chi connectivity index (χ4v) is 7.68. The Bertz CT molecular complexity index is 2050. The van der Waals surface area contributed by atoms with E-state index in [0.717, 1.165) is 70.1 Å². The van der Waals surface area contributed by atoms with E-state index in [1.165, 1.54) is 32.9 Å². The average Bonchev–Trinajstić information content (AvgIpc) is 3.93. The van der Waals surface area contributed by atoms with E-state index in [2.05, 4.69) is 30.6 Å². The second-order valence-corrected chi connectivity index (χ2v) is 14.5. The van der Waals surface area contributed by atoms with Crippen molar-refractivity contribution < 1.29 is 19.1 Å². The van der Waals surface area contributed by atoms with E-state index in [-0.39, 0.29) is 23.3 Å². The van der Waals surface area contributed by atoms with E-state index in [0.29, 0.717) is 36.4 Å². The fraction of sp³-hybridized carbons (Fsp3) is 0.368. The monoisotopic (exact) mass is 768 g/mol. The van der Waals surface area contributed by atoms with Crippen LogP contribution in [-0.4, -0.2) is 85.6 Å². The van der Waals surface area contributed by atoms with Gasteiger partial charge in [-0.2, -0.15) is 10.2 Å². The molecule has 0 aliphatic rings. The lowest BCUT2D eigenvalue weighted by molar-refractivity contribution is 0.0915. The zero-order valence-corrected chi connectivity index (χ0v) is 33.0. The summed E-state index contributed by atoms with van der Waals surface area (Å²) in [4.78, 5) is 26.1. The summed E-state index contributed by atoms with van der Waals surface area (Å²) in [6.07, 6.45) is 2.86. The molecule has 2 aromatic carbocycles. The first kappa shape index (κ1) is 38.5. The highest BCUT2D eigenvalue weighted by atomic mass is 32.2. The van der Waals surface area contributed by atoms with Gasteiger partial charge in [0.1, 0.15) is 23.1 Å². The molecular formula is C38H44N10O4S2. The zero-order valence-electron chi connectivity index (χ0n) is 31.4. The molecule has 0 fully saturated rings. The van der Waals surface area contributed by atoms with Crippen LogP contribution in [0, 0.1) is 27.7 Å². The van der Waals surface area contributed by atoms with Gasteiger partial charge in [-0.3, -0.25) is 18.7 Å². The van der Waals surface area contributed by atoms with Crippen LogP contribution in [0.15, 0.2) is 71.0 Å². The summed E-state index contributed by atoms with van der Waals surface area (Å²) in [6, 6.07) is 19.4. The number of carbonyl (C=O) groups is 2. The number of nitrogens with zero attached hydrogens (tertiary/aromatic N) is 10. The molecule has 16 heteroatoms. The Morgan fingerprint density at radius 2 is 0.981 bits per heavy atom. The third kappa shape index (κ3) is 9.10. The minimum absolute atomic E-state index is 0.126. The van der Waals surface area contributed by atoms with Gasteiger partial charge in [0.25, 0.3) is 11.8 Å².